The van der Waals surface area contributed by atoms with Crippen molar-refractivity contribution in [1.29, 1.82) is 0 Å². The van der Waals surface area contributed by atoms with Crippen LogP contribution >= 0.6 is 0 Å². The number of para-hydroxylation sites is 2. The van der Waals surface area contributed by atoms with Gasteiger partial charge in [0.2, 0.25) is 0 Å². The van der Waals surface area contributed by atoms with E-state index in [0.717, 1.165) is 22.6 Å². The van der Waals surface area contributed by atoms with Crippen LogP contribution in [0, 0.1) is 0 Å². The highest BCUT2D eigenvalue weighted by atomic mass is 16.5. The Morgan fingerprint density at radius 1 is 0.935 bits per heavy atom. The lowest BCUT2D eigenvalue weighted by Gasteiger charge is -2.17. The number of methoxy groups -OCH3 is 1. The fourth-order valence-corrected chi connectivity index (χ4v) is 3.67. The van der Waals surface area contributed by atoms with E-state index in [1.807, 2.05) is 66.7 Å². The summed E-state index contributed by atoms with van der Waals surface area (Å²) in [5.41, 5.74) is 2.62. The van der Waals surface area contributed by atoms with E-state index in [4.69, 9.17) is 14.5 Å². The summed E-state index contributed by atoms with van der Waals surface area (Å²) in [5, 5.41) is 0.599. The van der Waals surface area contributed by atoms with Crippen molar-refractivity contribution in [2.24, 2.45) is 0 Å². The van der Waals surface area contributed by atoms with Gasteiger partial charge >= 0.3 is 0 Å². The molecule has 0 amide bonds. The van der Waals surface area contributed by atoms with Gasteiger partial charge in [0.1, 0.15) is 23.9 Å². The van der Waals surface area contributed by atoms with Crippen molar-refractivity contribution in [2.45, 2.75) is 26.3 Å². The van der Waals surface area contributed by atoms with E-state index in [2.05, 4.69) is 19.9 Å². The molecule has 5 heteroatoms. The van der Waals surface area contributed by atoms with Gasteiger partial charge in [0.25, 0.3) is 5.56 Å². The molecule has 0 aliphatic heterocycles. The third kappa shape index (κ3) is 4.31. The van der Waals surface area contributed by atoms with Crippen LogP contribution in [-0.4, -0.2) is 23.3 Å². The average Bonchev–Trinajstić information content (AvgIpc) is 2.80. The van der Waals surface area contributed by atoms with Gasteiger partial charge in [0.15, 0.2) is 0 Å². The number of nitrogens with zero attached hydrogens (tertiary/aromatic N) is 2. The molecular formula is C26H26N2O3. The van der Waals surface area contributed by atoms with Gasteiger partial charge in [-0.05, 0) is 53.9 Å². The SMILES string of the molecule is COc1ccc(-c2nc3ccccc3c(=O)n2CCOc2ccccc2C(C)C)cc1. The standard InChI is InChI=1S/C26H26N2O3/c1-18(2)21-8-5-7-11-24(21)31-17-16-28-25(19-12-14-20(30-3)15-13-19)27-23-10-6-4-9-22(23)26(28)29/h4-15,18H,16-17H2,1-3H3. The average molecular weight is 415 g/mol. The van der Waals surface area contributed by atoms with Gasteiger partial charge in [0.05, 0.1) is 24.6 Å². The first-order valence-corrected chi connectivity index (χ1v) is 10.4. The highest BCUT2D eigenvalue weighted by molar-refractivity contribution is 5.79. The molecule has 1 heterocycles. The molecule has 0 radical (unpaired) electrons. The molecule has 5 nitrogen and oxygen atoms in total. The van der Waals surface area contributed by atoms with Crippen LogP contribution in [0.15, 0.2) is 77.6 Å². The highest BCUT2D eigenvalue weighted by Crippen LogP contribution is 2.26. The van der Waals surface area contributed by atoms with Crippen molar-refractivity contribution in [2.75, 3.05) is 13.7 Å². The van der Waals surface area contributed by atoms with Crippen molar-refractivity contribution in [3.05, 3.63) is 88.7 Å². The lowest BCUT2D eigenvalue weighted by molar-refractivity contribution is 0.293. The summed E-state index contributed by atoms with van der Waals surface area (Å²) in [7, 11) is 1.63. The second kappa shape index (κ2) is 9.04. The van der Waals surface area contributed by atoms with Crippen molar-refractivity contribution in [1.82, 2.24) is 9.55 Å². The largest absolute Gasteiger partial charge is 0.497 e. The van der Waals surface area contributed by atoms with Gasteiger partial charge in [-0.1, -0.05) is 44.2 Å². The van der Waals surface area contributed by atoms with Crippen LogP contribution in [0.4, 0.5) is 0 Å². The molecule has 0 bridgehead atoms. The predicted molar refractivity (Wildman–Crippen MR) is 124 cm³/mol. The molecule has 0 atom stereocenters. The molecule has 158 valence electrons. The van der Waals surface area contributed by atoms with Crippen LogP contribution in [0.2, 0.25) is 0 Å². The van der Waals surface area contributed by atoms with Crippen LogP contribution in [0.1, 0.15) is 25.3 Å². The zero-order valence-corrected chi connectivity index (χ0v) is 18.0. The predicted octanol–water partition coefficient (Wildman–Crippen LogP) is 5.27. The van der Waals surface area contributed by atoms with E-state index in [0.29, 0.717) is 35.8 Å². The first kappa shape index (κ1) is 20.7. The maximum absolute atomic E-state index is 13.3. The fraction of sp³-hybridized carbons (Fsp3) is 0.231. The molecule has 0 N–H and O–H groups in total. The van der Waals surface area contributed by atoms with Crippen molar-refractivity contribution >= 4 is 10.9 Å². The number of fused-ring (bicyclic) bond motifs is 1. The molecule has 3 aromatic carbocycles. The molecule has 0 spiro atoms. The molecular weight excluding hydrogens is 388 g/mol. The second-order valence-corrected chi connectivity index (χ2v) is 7.68. The van der Waals surface area contributed by atoms with E-state index < -0.39 is 0 Å². The Bertz CT molecular complexity index is 1240. The number of benzene rings is 3. The summed E-state index contributed by atoms with van der Waals surface area (Å²) in [6, 6.07) is 23.0. The summed E-state index contributed by atoms with van der Waals surface area (Å²) in [6.07, 6.45) is 0. The molecule has 0 aliphatic rings. The van der Waals surface area contributed by atoms with E-state index in [1.165, 1.54) is 0 Å². The van der Waals surface area contributed by atoms with Crippen LogP contribution in [-0.2, 0) is 6.54 Å². The maximum atomic E-state index is 13.3. The minimum atomic E-state index is -0.0721. The Hall–Kier alpha value is -3.60. The molecule has 0 saturated carbocycles. The van der Waals surface area contributed by atoms with Gasteiger partial charge in [-0.2, -0.15) is 0 Å². The van der Waals surface area contributed by atoms with Crippen LogP contribution < -0.4 is 15.0 Å². The quantitative estimate of drug-likeness (QED) is 0.413. The van der Waals surface area contributed by atoms with Gasteiger partial charge in [0, 0.05) is 5.56 Å². The molecule has 0 unspecified atom stereocenters. The molecule has 0 fully saturated rings. The van der Waals surface area contributed by atoms with E-state index in [-0.39, 0.29) is 5.56 Å². The number of aromatic nitrogens is 2. The summed E-state index contributed by atoms with van der Waals surface area (Å²) in [5.74, 6) is 2.58. The van der Waals surface area contributed by atoms with Crippen LogP contribution in [0.25, 0.3) is 22.3 Å². The van der Waals surface area contributed by atoms with E-state index in [9.17, 15) is 4.79 Å². The lowest BCUT2D eigenvalue weighted by atomic mass is 10.0. The second-order valence-electron chi connectivity index (χ2n) is 7.68. The Kier molecular flexibility index (Phi) is 6.03. The number of hydrogen-bond acceptors (Lipinski definition) is 4. The lowest BCUT2D eigenvalue weighted by Crippen LogP contribution is -2.26. The zero-order valence-electron chi connectivity index (χ0n) is 18.0. The number of ether oxygens (including phenoxy) is 2. The number of rotatable bonds is 7. The minimum Gasteiger partial charge on any atom is -0.497 e. The topological polar surface area (TPSA) is 53.3 Å². The summed E-state index contributed by atoms with van der Waals surface area (Å²) >= 11 is 0. The van der Waals surface area contributed by atoms with E-state index >= 15 is 0 Å². The monoisotopic (exact) mass is 414 g/mol. The Balaban J connectivity index is 1.70. The minimum absolute atomic E-state index is 0.0721. The third-order valence-corrected chi connectivity index (χ3v) is 5.32. The molecule has 4 rings (SSSR count). The first-order chi connectivity index (χ1) is 15.1. The zero-order chi connectivity index (χ0) is 21.8. The first-order valence-electron chi connectivity index (χ1n) is 10.4. The highest BCUT2D eigenvalue weighted by Gasteiger charge is 2.14. The Morgan fingerprint density at radius 2 is 1.65 bits per heavy atom. The Morgan fingerprint density at radius 3 is 2.39 bits per heavy atom. The summed E-state index contributed by atoms with van der Waals surface area (Å²) in [4.78, 5) is 18.1. The third-order valence-electron chi connectivity index (χ3n) is 5.32. The smallest absolute Gasteiger partial charge is 0.261 e. The van der Waals surface area contributed by atoms with Gasteiger partial charge in [-0.25, -0.2) is 4.98 Å². The Labute approximate surface area is 181 Å². The van der Waals surface area contributed by atoms with Crippen molar-refractivity contribution in [3.8, 4) is 22.9 Å². The maximum Gasteiger partial charge on any atom is 0.261 e. The number of hydrogen-bond donors (Lipinski definition) is 0. The van der Waals surface area contributed by atoms with Gasteiger partial charge < -0.3 is 9.47 Å². The van der Waals surface area contributed by atoms with E-state index in [1.54, 1.807) is 11.7 Å². The molecule has 1 aromatic heterocycles. The van der Waals surface area contributed by atoms with Crippen molar-refractivity contribution < 1.29 is 9.47 Å². The normalized spacial score (nSPS) is 11.1. The van der Waals surface area contributed by atoms with Crippen LogP contribution in [0.3, 0.4) is 0 Å². The fourth-order valence-electron chi connectivity index (χ4n) is 3.67. The molecule has 31 heavy (non-hydrogen) atoms. The molecule has 0 aliphatic carbocycles. The molecule has 0 saturated heterocycles. The summed E-state index contributed by atoms with van der Waals surface area (Å²) in [6.45, 7) is 5.04. The van der Waals surface area contributed by atoms with Crippen LogP contribution in [0.5, 0.6) is 11.5 Å². The van der Waals surface area contributed by atoms with Gasteiger partial charge in [-0.3, -0.25) is 9.36 Å². The summed E-state index contributed by atoms with van der Waals surface area (Å²) < 4.78 is 13.1. The van der Waals surface area contributed by atoms with Gasteiger partial charge in [-0.15, -0.1) is 0 Å². The molecule has 4 aromatic rings. The van der Waals surface area contributed by atoms with Crippen molar-refractivity contribution in [3.63, 3.8) is 0 Å².